The average Bonchev–Trinajstić information content (AvgIpc) is 2.75. The van der Waals surface area contributed by atoms with Crippen molar-refractivity contribution < 1.29 is 0 Å². The second kappa shape index (κ2) is 5.66. The van der Waals surface area contributed by atoms with Crippen molar-refractivity contribution in [2.45, 2.75) is 65.3 Å². The first-order valence-corrected chi connectivity index (χ1v) is 7.69. The van der Waals surface area contributed by atoms with Crippen LogP contribution in [0.1, 0.15) is 57.6 Å². The highest BCUT2D eigenvalue weighted by Crippen LogP contribution is 2.40. The Bertz CT molecular complexity index is 408. The molecule has 0 radical (unpaired) electrons. The third-order valence-electron chi connectivity index (χ3n) is 4.32. The highest BCUT2D eigenvalue weighted by atomic mass is 15.0. The zero-order chi connectivity index (χ0) is 13.9. The fourth-order valence-electron chi connectivity index (χ4n) is 3.25. The monoisotopic (exact) mass is 259 g/mol. The Balaban J connectivity index is 2.07. The first-order chi connectivity index (χ1) is 8.89. The molecule has 0 atom stereocenters. The van der Waals surface area contributed by atoms with Gasteiger partial charge in [0.15, 0.2) is 0 Å². The first-order valence-electron chi connectivity index (χ1n) is 7.69. The van der Waals surface area contributed by atoms with Gasteiger partial charge in [0.2, 0.25) is 0 Å². The van der Waals surface area contributed by atoms with Gasteiger partial charge in [0, 0.05) is 12.1 Å². The Morgan fingerprint density at radius 1 is 1.16 bits per heavy atom. The zero-order valence-electron chi connectivity index (χ0n) is 13.1. The summed E-state index contributed by atoms with van der Waals surface area (Å²) in [5.41, 5.74) is 3.61. The summed E-state index contributed by atoms with van der Waals surface area (Å²) in [6.45, 7) is 10.1. The van der Waals surface area contributed by atoms with Crippen molar-refractivity contribution >= 4 is 0 Å². The molecule has 1 aliphatic rings. The fraction of sp³-hybridized carbons (Fsp3) is 0.667. The molecule has 2 rings (SSSR count). The smallest absolute Gasteiger partial charge is 0.00967 e. The van der Waals surface area contributed by atoms with Gasteiger partial charge in [-0.25, -0.2) is 0 Å². The Kier molecular flexibility index (Phi) is 4.35. The van der Waals surface area contributed by atoms with Gasteiger partial charge in [0.05, 0.1) is 0 Å². The van der Waals surface area contributed by atoms with E-state index in [1.54, 1.807) is 0 Å². The Hall–Kier alpha value is -0.820. The summed E-state index contributed by atoms with van der Waals surface area (Å²) in [6.07, 6.45) is 6.79. The van der Waals surface area contributed by atoms with Gasteiger partial charge in [-0.05, 0) is 57.9 Å². The fourth-order valence-corrected chi connectivity index (χ4v) is 3.25. The number of aryl methyl sites for hydroxylation is 1. The van der Waals surface area contributed by atoms with Crippen molar-refractivity contribution in [1.82, 2.24) is 5.32 Å². The van der Waals surface area contributed by atoms with Crippen LogP contribution in [0.25, 0.3) is 0 Å². The van der Waals surface area contributed by atoms with Gasteiger partial charge in [-0.3, -0.25) is 0 Å². The van der Waals surface area contributed by atoms with Crippen LogP contribution in [-0.2, 0) is 6.42 Å². The highest BCUT2D eigenvalue weighted by Gasteiger charge is 2.34. The molecular weight excluding hydrogens is 230 g/mol. The summed E-state index contributed by atoms with van der Waals surface area (Å²) in [6, 6.07) is 9.05. The number of rotatable bonds is 4. The van der Waals surface area contributed by atoms with Crippen LogP contribution in [-0.4, -0.2) is 12.1 Å². The number of hydrogen-bond donors (Lipinski definition) is 1. The zero-order valence-corrected chi connectivity index (χ0v) is 13.1. The minimum absolute atomic E-state index is 0.224. The number of nitrogens with one attached hydrogen (secondary N) is 1. The molecule has 1 heteroatoms. The van der Waals surface area contributed by atoms with Crippen molar-refractivity contribution in [1.29, 1.82) is 0 Å². The molecule has 0 spiro atoms. The molecule has 1 N–H and O–H groups in total. The molecule has 0 aromatic heterocycles. The summed E-state index contributed by atoms with van der Waals surface area (Å²) in [5, 5.41) is 3.74. The van der Waals surface area contributed by atoms with Crippen LogP contribution >= 0.6 is 0 Å². The van der Waals surface area contributed by atoms with E-state index in [0.29, 0.717) is 5.41 Å². The van der Waals surface area contributed by atoms with E-state index in [1.165, 1.54) is 43.2 Å². The average molecular weight is 259 g/mol. The predicted octanol–water partition coefficient (Wildman–Crippen LogP) is 4.49. The second-order valence-electron chi connectivity index (χ2n) is 7.48. The lowest BCUT2D eigenvalue weighted by Crippen LogP contribution is -2.43. The summed E-state index contributed by atoms with van der Waals surface area (Å²) in [7, 11) is 0. The van der Waals surface area contributed by atoms with E-state index in [-0.39, 0.29) is 5.54 Å². The van der Waals surface area contributed by atoms with Crippen LogP contribution < -0.4 is 5.32 Å². The quantitative estimate of drug-likeness (QED) is 0.840. The topological polar surface area (TPSA) is 12.0 Å². The van der Waals surface area contributed by atoms with Gasteiger partial charge in [-0.15, -0.1) is 0 Å². The maximum absolute atomic E-state index is 3.74. The molecular formula is C18H29N. The molecule has 0 heterocycles. The minimum Gasteiger partial charge on any atom is -0.312 e. The van der Waals surface area contributed by atoms with Crippen LogP contribution in [0.5, 0.6) is 0 Å². The number of benzene rings is 1. The molecule has 106 valence electrons. The Labute approximate surface area is 118 Å². The van der Waals surface area contributed by atoms with Gasteiger partial charge in [0.1, 0.15) is 0 Å². The van der Waals surface area contributed by atoms with Crippen LogP contribution in [0.15, 0.2) is 24.3 Å². The van der Waals surface area contributed by atoms with E-state index in [0.717, 1.165) is 6.54 Å². The summed E-state index contributed by atoms with van der Waals surface area (Å²) >= 11 is 0. The van der Waals surface area contributed by atoms with Gasteiger partial charge < -0.3 is 5.32 Å². The normalized spacial score (nSPS) is 18.7. The van der Waals surface area contributed by atoms with E-state index in [2.05, 4.69) is 57.3 Å². The van der Waals surface area contributed by atoms with Crippen molar-refractivity contribution in [2.75, 3.05) is 6.54 Å². The standard InChI is InChI=1S/C18H29N/c1-15-8-7-9-16(12-15)13-18(10-5-6-11-18)14-19-17(2,3)4/h7-9,12,19H,5-6,10-11,13-14H2,1-4H3. The van der Waals surface area contributed by atoms with Gasteiger partial charge in [-0.2, -0.15) is 0 Å². The largest absolute Gasteiger partial charge is 0.312 e. The molecule has 1 nitrogen and oxygen atoms in total. The Morgan fingerprint density at radius 3 is 2.42 bits per heavy atom. The molecule has 1 aromatic rings. The molecule has 1 aromatic carbocycles. The molecule has 19 heavy (non-hydrogen) atoms. The van der Waals surface area contributed by atoms with Crippen LogP contribution in [0.3, 0.4) is 0 Å². The molecule has 0 amide bonds. The van der Waals surface area contributed by atoms with Crippen molar-refractivity contribution in [3.8, 4) is 0 Å². The molecule has 0 bridgehead atoms. The lowest BCUT2D eigenvalue weighted by Gasteiger charge is -2.33. The molecule has 1 fully saturated rings. The van der Waals surface area contributed by atoms with Crippen molar-refractivity contribution in [3.05, 3.63) is 35.4 Å². The highest BCUT2D eigenvalue weighted by molar-refractivity contribution is 5.23. The third-order valence-corrected chi connectivity index (χ3v) is 4.32. The first kappa shape index (κ1) is 14.6. The molecule has 0 aliphatic heterocycles. The minimum atomic E-state index is 0.224. The summed E-state index contributed by atoms with van der Waals surface area (Å²) in [4.78, 5) is 0. The number of hydrogen-bond acceptors (Lipinski definition) is 1. The van der Waals surface area contributed by atoms with Crippen molar-refractivity contribution in [2.24, 2.45) is 5.41 Å². The third kappa shape index (κ3) is 4.35. The second-order valence-corrected chi connectivity index (χ2v) is 7.48. The summed E-state index contributed by atoms with van der Waals surface area (Å²) in [5.74, 6) is 0. The van der Waals surface area contributed by atoms with Gasteiger partial charge in [-0.1, -0.05) is 42.7 Å². The molecule has 1 saturated carbocycles. The van der Waals surface area contributed by atoms with Crippen molar-refractivity contribution in [3.63, 3.8) is 0 Å². The lowest BCUT2D eigenvalue weighted by molar-refractivity contribution is 0.245. The SMILES string of the molecule is Cc1cccc(CC2(CNC(C)(C)C)CCCC2)c1. The van der Waals surface area contributed by atoms with E-state index in [1.807, 2.05) is 0 Å². The van der Waals surface area contributed by atoms with Gasteiger partial charge >= 0.3 is 0 Å². The Morgan fingerprint density at radius 2 is 1.84 bits per heavy atom. The van der Waals surface area contributed by atoms with Crippen LogP contribution in [0.2, 0.25) is 0 Å². The van der Waals surface area contributed by atoms with Crippen LogP contribution in [0, 0.1) is 12.3 Å². The maximum Gasteiger partial charge on any atom is 0.00967 e. The molecule has 1 aliphatic carbocycles. The van der Waals surface area contributed by atoms with Crippen LogP contribution in [0.4, 0.5) is 0 Å². The van der Waals surface area contributed by atoms with E-state index >= 15 is 0 Å². The van der Waals surface area contributed by atoms with Gasteiger partial charge in [0.25, 0.3) is 0 Å². The van der Waals surface area contributed by atoms with E-state index in [9.17, 15) is 0 Å². The maximum atomic E-state index is 3.74. The van der Waals surface area contributed by atoms with E-state index in [4.69, 9.17) is 0 Å². The molecule has 0 saturated heterocycles. The summed E-state index contributed by atoms with van der Waals surface area (Å²) < 4.78 is 0. The predicted molar refractivity (Wildman–Crippen MR) is 83.5 cm³/mol. The lowest BCUT2D eigenvalue weighted by atomic mass is 9.79. The molecule has 0 unspecified atom stereocenters. The van der Waals surface area contributed by atoms with E-state index < -0.39 is 0 Å².